The molecular weight excluding hydrogens is 458 g/mol. The number of piperidine rings is 1. The van der Waals surface area contributed by atoms with Crippen LogP contribution in [0.3, 0.4) is 0 Å². The van der Waals surface area contributed by atoms with E-state index in [1.165, 1.54) is 0 Å². The fraction of sp³-hybridized carbons (Fsp3) is 0.357. The summed E-state index contributed by atoms with van der Waals surface area (Å²) in [6.07, 6.45) is 2.42. The number of hydrogen-bond acceptors (Lipinski definition) is 6. The largest absolute Gasteiger partial charge is 0.459 e. The van der Waals surface area contributed by atoms with Gasteiger partial charge in [-0.15, -0.1) is 0 Å². The van der Waals surface area contributed by atoms with E-state index in [1.54, 1.807) is 35.4 Å². The second-order valence-corrected chi connectivity index (χ2v) is 9.87. The van der Waals surface area contributed by atoms with Crippen molar-refractivity contribution in [2.24, 2.45) is 0 Å². The van der Waals surface area contributed by atoms with Gasteiger partial charge in [0.25, 0.3) is 0 Å². The quantitative estimate of drug-likeness (QED) is 0.508. The van der Waals surface area contributed by atoms with E-state index in [-0.39, 0.29) is 24.5 Å². The number of nitrogens with zero attached hydrogens (tertiary/aromatic N) is 2. The minimum Gasteiger partial charge on any atom is -0.459 e. The number of rotatable bonds is 5. The summed E-state index contributed by atoms with van der Waals surface area (Å²) < 4.78 is 11.0. The van der Waals surface area contributed by atoms with Crippen molar-refractivity contribution in [2.45, 2.75) is 51.7 Å². The van der Waals surface area contributed by atoms with Crippen molar-refractivity contribution in [1.82, 2.24) is 9.88 Å². The Morgan fingerprint density at radius 2 is 1.69 bits per heavy atom. The summed E-state index contributed by atoms with van der Waals surface area (Å²) in [6.45, 7) is 6.45. The smallest absolute Gasteiger partial charge is 0.410 e. The maximum atomic E-state index is 12.6. The lowest BCUT2D eigenvalue weighted by molar-refractivity contribution is -0.115. The van der Waals surface area contributed by atoms with Gasteiger partial charge in [0.05, 0.1) is 17.5 Å². The molecule has 1 aromatic heterocycles. The Labute approximate surface area is 210 Å². The van der Waals surface area contributed by atoms with Gasteiger partial charge in [-0.1, -0.05) is 24.3 Å². The molecule has 188 valence electrons. The first-order valence-corrected chi connectivity index (χ1v) is 12.1. The van der Waals surface area contributed by atoms with E-state index in [0.717, 1.165) is 16.5 Å². The lowest BCUT2D eigenvalue weighted by atomic mass is 10.1. The molecule has 0 bridgehead atoms. The number of para-hydroxylation sites is 1. The summed E-state index contributed by atoms with van der Waals surface area (Å²) in [7, 11) is 0. The van der Waals surface area contributed by atoms with Crippen LogP contribution in [0.2, 0.25) is 0 Å². The highest BCUT2D eigenvalue weighted by atomic mass is 16.6. The van der Waals surface area contributed by atoms with Gasteiger partial charge < -0.3 is 19.7 Å². The van der Waals surface area contributed by atoms with Gasteiger partial charge in [0, 0.05) is 43.2 Å². The molecule has 3 aromatic rings. The van der Waals surface area contributed by atoms with Crippen LogP contribution in [0.5, 0.6) is 0 Å². The minimum absolute atomic E-state index is 0.166. The number of aromatic nitrogens is 1. The number of fused-ring (bicyclic) bond motifs is 1. The van der Waals surface area contributed by atoms with Crippen LogP contribution in [0.25, 0.3) is 10.9 Å². The van der Waals surface area contributed by atoms with Gasteiger partial charge in [0.2, 0.25) is 5.91 Å². The number of hydrogen-bond donors (Lipinski definition) is 1. The molecule has 0 unspecified atom stereocenters. The van der Waals surface area contributed by atoms with Gasteiger partial charge in [-0.25, -0.2) is 9.59 Å². The topological polar surface area (TPSA) is 97.8 Å². The third kappa shape index (κ3) is 6.59. The maximum Gasteiger partial charge on any atom is 0.410 e. The van der Waals surface area contributed by atoms with Gasteiger partial charge in [0.15, 0.2) is 0 Å². The first-order chi connectivity index (χ1) is 17.2. The number of benzene rings is 2. The normalized spacial score (nSPS) is 14.4. The molecule has 0 radical (unpaired) electrons. The van der Waals surface area contributed by atoms with Crippen LogP contribution in [0.4, 0.5) is 10.5 Å². The van der Waals surface area contributed by atoms with Crippen LogP contribution in [0, 0.1) is 0 Å². The monoisotopic (exact) mass is 489 g/mol. The molecule has 0 aliphatic carbocycles. The molecule has 1 saturated heterocycles. The molecule has 2 aromatic carbocycles. The molecule has 36 heavy (non-hydrogen) atoms. The van der Waals surface area contributed by atoms with Gasteiger partial charge in [-0.05, 0) is 56.7 Å². The van der Waals surface area contributed by atoms with Gasteiger partial charge in [0.1, 0.15) is 11.7 Å². The number of nitrogens with one attached hydrogen (secondary N) is 1. The van der Waals surface area contributed by atoms with Gasteiger partial charge in [-0.2, -0.15) is 0 Å². The molecule has 0 spiro atoms. The van der Waals surface area contributed by atoms with Crippen LogP contribution < -0.4 is 5.32 Å². The van der Waals surface area contributed by atoms with Crippen molar-refractivity contribution >= 4 is 34.6 Å². The number of pyridine rings is 1. The van der Waals surface area contributed by atoms with E-state index in [0.29, 0.717) is 37.2 Å². The van der Waals surface area contributed by atoms with E-state index in [9.17, 15) is 14.4 Å². The predicted molar refractivity (Wildman–Crippen MR) is 137 cm³/mol. The van der Waals surface area contributed by atoms with Crippen molar-refractivity contribution in [2.75, 3.05) is 18.4 Å². The predicted octanol–water partition coefficient (Wildman–Crippen LogP) is 4.97. The van der Waals surface area contributed by atoms with E-state index in [2.05, 4.69) is 10.3 Å². The van der Waals surface area contributed by atoms with E-state index < -0.39 is 11.6 Å². The van der Waals surface area contributed by atoms with Crippen molar-refractivity contribution in [3.05, 3.63) is 71.9 Å². The first-order valence-electron chi connectivity index (χ1n) is 12.1. The second-order valence-electron chi connectivity index (χ2n) is 9.87. The summed E-state index contributed by atoms with van der Waals surface area (Å²) in [6, 6.07) is 16.2. The summed E-state index contributed by atoms with van der Waals surface area (Å²) in [4.78, 5) is 43.4. The fourth-order valence-corrected chi connectivity index (χ4v) is 4.08. The molecule has 8 heteroatoms. The average molecular weight is 490 g/mol. The summed E-state index contributed by atoms with van der Waals surface area (Å²) >= 11 is 0. The fourth-order valence-electron chi connectivity index (χ4n) is 4.08. The third-order valence-electron chi connectivity index (χ3n) is 5.84. The minimum atomic E-state index is -0.542. The Morgan fingerprint density at radius 3 is 2.39 bits per heavy atom. The lowest BCUT2D eigenvalue weighted by Gasteiger charge is -2.33. The van der Waals surface area contributed by atoms with Crippen LogP contribution >= 0.6 is 0 Å². The third-order valence-corrected chi connectivity index (χ3v) is 5.84. The Balaban J connectivity index is 1.27. The highest BCUT2D eigenvalue weighted by Crippen LogP contribution is 2.20. The molecule has 1 aliphatic heterocycles. The van der Waals surface area contributed by atoms with Crippen molar-refractivity contribution < 1.29 is 23.9 Å². The van der Waals surface area contributed by atoms with Crippen molar-refractivity contribution in [3.63, 3.8) is 0 Å². The van der Waals surface area contributed by atoms with Crippen molar-refractivity contribution in [1.29, 1.82) is 0 Å². The standard InChI is InChI=1S/C28H31N3O5/c1-28(2,3)36-27(34)31-16-13-23(14-17-31)35-26(33)20-9-11-22(12-10-20)30-24(32)18-21-7-4-6-19-8-5-15-29-25(19)21/h4-12,15,23H,13-14,16-18H2,1-3H3,(H,30,32). The summed E-state index contributed by atoms with van der Waals surface area (Å²) in [5.41, 5.74) is 2.11. The zero-order valence-corrected chi connectivity index (χ0v) is 20.8. The van der Waals surface area contributed by atoms with E-state index in [4.69, 9.17) is 9.47 Å². The summed E-state index contributed by atoms with van der Waals surface area (Å²) in [5.74, 6) is -0.592. The zero-order valence-electron chi connectivity index (χ0n) is 20.8. The Kier molecular flexibility index (Phi) is 7.52. The SMILES string of the molecule is CC(C)(C)OC(=O)N1CCC(OC(=O)c2ccc(NC(=O)Cc3cccc4cccnc34)cc2)CC1. The number of likely N-dealkylation sites (tertiary alicyclic amines) is 1. The Bertz CT molecular complexity index is 1240. The molecule has 1 aliphatic rings. The molecular formula is C28H31N3O5. The zero-order chi connectivity index (χ0) is 25.7. The second kappa shape index (κ2) is 10.8. The van der Waals surface area contributed by atoms with Crippen LogP contribution in [0.1, 0.15) is 49.5 Å². The number of ether oxygens (including phenoxy) is 2. The number of carbonyl (C=O) groups is 3. The van der Waals surface area contributed by atoms with Gasteiger partial charge >= 0.3 is 12.1 Å². The van der Waals surface area contributed by atoms with E-state index >= 15 is 0 Å². The van der Waals surface area contributed by atoms with Crippen LogP contribution in [0.15, 0.2) is 60.8 Å². The molecule has 0 saturated carbocycles. The molecule has 2 amide bonds. The van der Waals surface area contributed by atoms with Crippen molar-refractivity contribution in [3.8, 4) is 0 Å². The Morgan fingerprint density at radius 1 is 1.00 bits per heavy atom. The summed E-state index contributed by atoms with van der Waals surface area (Å²) in [5, 5.41) is 3.85. The average Bonchev–Trinajstić information content (AvgIpc) is 2.84. The molecule has 8 nitrogen and oxygen atoms in total. The number of anilines is 1. The van der Waals surface area contributed by atoms with E-state index in [1.807, 2.05) is 51.1 Å². The molecule has 4 rings (SSSR count). The molecule has 0 atom stereocenters. The highest BCUT2D eigenvalue weighted by Gasteiger charge is 2.28. The molecule has 1 fully saturated rings. The van der Waals surface area contributed by atoms with Crippen LogP contribution in [-0.4, -0.2) is 52.6 Å². The lowest BCUT2D eigenvalue weighted by Crippen LogP contribution is -2.43. The van der Waals surface area contributed by atoms with Crippen LogP contribution in [-0.2, 0) is 20.7 Å². The first kappa shape index (κ1) is 25.2. The maximum absolute atomic E-state index is 12.6. The molecule has 1 N–H and O–H groups in total. The van der Waals surface area contributed by atoms with Gasteiger partial charge in [-0.3, -0.25) is 9.78 Å². The number of esters is 1. The highest BCUT2D eigenvalue weighted by molar-refractivity contribution is 5.96. The molecule has 2 heterocycles. The Hall–Kier alpha value is -3.94. The number of amides is 2. The number of carbonyl (C=O) groups excluding carboxylic acids is 3.